The topological polar surface area (TPSA) is 66.9 Å². The zero-order chi connectivity index (χ0) is 23.8. The fraction of sp³-hybridized carbons (Fsp3) is 0.240. The lowest BCUT2D eigenvalue weighted by atomic mass is 10.1. The largest absolute Gasteiger partial charge is 0.495 e. The predicted octanol–water partition coefficient (Wildman–Crippen LogP) is 4.83. The quantitative estimate of drug-likeness (QED) is 0.502. The number of para-hydroxylation sites is 1. The number of rotatable bonds is 6. The van der Waals surface area contributed by atoms with Crippen molar-refractivity contribution in [3.63, 3.8) is 0 Å². The van der Waals surface area contributed by atoms with Gasteiger partial charge in [0.2, 0.25) is 5.91 Å². The number of benzene rings is 3. The molecule has 3 aromatic rings. The minimum absolute atomic E-state index is 0.0813. The normalized spacial score (nSPS) is 15.3. The SMILES string of the molecule is COc1ccc(Cl)cc1N(CC(=O)N1c2ccccc2C[C@H]1C)S(=O)(=O)c1ccc(C)cc1. The summed E-state index contributed by atoms with van der Waals surface area (Å²) in [7, 11) is -2.64. The number of carbonyl (C=O) groups is 1. The van der Waals surface area contributed by atoms with Crippen LogP contribution in [0.1, 0.15) is 18.1 Å². The van der Waals surface area contributed by atoms with E-state index in [1.807, 2.05) is 38.1 Å². The first-order valence-electron chi connectivity index (χ1n) is 10.6. The van der Waals surface area contributed by atoms with E-state index in [-0.39, 0.29) is 22.5 Å². The van der Waals surface area contributed by atoms with Gasteiger partial charge in [-0.25, -0.2) is 8.42 Å². The van der Waals surface area contributed by atoms with Crippen LogP contribution in [0.2, 0.25) is 5.02 Å². The first kappa shape index (κ1) is 23.1. The molecule has 0 saturated heterocycles. The highest BCUT2D eigenvalue weighted by Crippen LogP contribution is 2.36. The number of ether oxygens (including phenoxy) is 1. The van der Waals surface area contributed by atoms with Gasteiger partial charge in [-0.3, -0.25) is 9.10 Å². The van der Waals surface area contributed by atoms with E-state index in [0.717, 1.165) is 21.1 Å². The van der Waals surface area contributed by atoms with Crippen LogP contribution >= 0.6 is 11.6 Å². The van der Waals surface area contributed by atoms with Crippen LogP contribution < -0.4 is 13.9 Å². The number of methoxy groups -OCH3 is 1. The third-order valence-corrected chi connectivity index (χ3v) is 7.78. The lowest BCUT2D eigenvalue weighted by Crippen LogP contribution is -2.45. The van der Waals surface area contributed by atoms with E-state index in [9.17, 15) is 13.2 Å². The van der Waals surface area contributed by atoms with E-state index in [2.05, 4.69) is 0 Å². The van der Waals surface area contributed by atoms with Gasteiger partial charge in [0.25, 0.3) is 10.0 Å². The van der Waals surface area contributed by atoms with Crippen LogP contribution in [0, 0.1) is 6.92 Å². The average Bonchev–Trinajstić information content (AvgIpc) is 3.13. The van der Waals surface area contributed by atoms with Crippen molar-refractivity contribution in [3.8, 4) is 5.75 Å². The number of sulfonamides is 1. The molecule has 1 aliphatic rings. The van der Waals surface area contributed by atoms with Crippen molar-refractivity contribution in [1.29, 1.82) is 0 Å². The van der Waals surface area contributed by atoms with Gasteiger partial charge in [-0.05, 0) is 62.2 Å². The van der Waals surface area contributed by atoms with Gasteiger partial charge in [-0.15, -0.1) is 0 Å². The van der Waals surface area contributed by atoms with Crippen molar-refractivity contribution in [2.75, 3.05) is 22.9 Å². The minimum atomic E-state index is -4.09. The van der Waals surface area contributed by atoms with Gasteiger partial charge < -0.3 is 9.64 Å². The summed E-state index contributed by atoms with van der Waals surface area (Å²) < 4.78 is 34.0. The Hall–Kier alpha value is -3.03. The Morgan fingerprint density at radius 1 is 1.12 bits per heavy atom. The number of halogens is 1. The summed E-state index contributed by atoms with van der Waals surface area (Å²) in [5.41, 5.74) is 3.01. The molecular weight excluding hydrogens is 460 g/mol. The summed E-state index contributed by atoms with van der Waals surface area (Å²) in [5.74, 6) is -0.0251. The first-order valence-corrected chi connectivity index (χ1v) is 12.4. The van der Waals surface area contributed by atoms with E-state index in [1.54, 1.807) is 29.2 Å². The molecule has 6 nitrogen and oxygen atoms in total. The van der Waals surface area contributed by atoms with E-state index in [0.29, 0.717) is 17.2 Å². The van der Waals surface area contributed by atoms with Crippen LogP contribution in [0.15, 0.2) is 71.6 Å². The molecule has 0 N–H and O–H groups in total. The zero-order valence-electron chi connectivity index (χ0n) is 18.7. The number of aryl methyl sites for hydroxylation is 1. The molecule has 1 amide bonds. The molecule has 0 fully saturated rings. The van der Waals surface area contributed by atoms with E-state index < -0.39 is 16.6 Å². The molecule has 1 aliphatic heterocycles. The molecule has 1 heterocycles. The van der Waals surface area contributed by atoms with Gasteiger partial charge in [0, 0.05) is 16.8 Å². The number of anilines is 2. The molecule has 4 rings (SSSR count). The first-order chi connectivity index (χ1) is 15.7. The fourth-order valence-corrected chi connectivity index (χ4v) is 5.72. The molecule has 172 valence electrons. The number of nitrogens with zero attached hydrogens (tertiary/aromatic N) is 2. The van der Waals surface area contributed by atoms with Crippen LogP contribution in [-0.4, -0.2) is 34.0 Å². The van der Waals surface area contributed by atoms with Gasteiger partial charge >= 0.3 is 0 Å². The maximum Gasteiger partial charge on any atom is 0.264 e. The van der Waals surface area contributed by atoms with Gasteiger partial charge in [0.1, 0.15) is 12.3 Å². The third kappa shape index (κ3) is 4.43. The summed E-state index contributed by atoms with van der Waals surface area (Å²) >= 11 is 6.22. The lowest BCUT2D eigenvalue weighted by molar-refractivity contribution is -0.117. The second-order valence-corrected chi connectivity index (χ2v) is 10.4. The Morgan fingerprint density at radius 2 is 1.82 bits per heavy atom. The summed E-state index contributed by atoms with van der Waals surface area (Å²) in [4.78, 5) is 15.3. The highest BCUT2D eigenvalue weighted by molar-refractivity contribution is 7.92. The Morgan fingerprint density at radius 3 is 2.52 bits per heavy atom. The Bertz CT molecular complexity index is 1290. The van der Waals surface area contributed by atoms with Gasteiger partial charge in [-0.2, -0.15) is 0 Å². The van der Waals surface area contributed by atoms with Crippen molar-refractivity contribution in [1.82, 2.24) is 0 Å². The maximum absolute atomic E-state index is 13.8. The predicted molar refractivity (Wildman–Crippen MR) is 131 cm³/mol. The van der Waals surface area contributed by atoms with Crippen molar-refractivity contribution >= 4 is 38.9 Å². The number of fused-ring (bicyclic) bond motifs is 1. The van der Waals surface area contributed by atoms with E-state index in [4.69, 9.17) is 16.3 Å². The van der Waals surface area contributed by atoms with E-state index >= 15 is 0 Å². The van der Waals surface area contributed by atoms with Crippen LogP contribution in [0.25, 0.3) is 0 Å². The smallest absolute Gasteiger partial charge is 0.264 e. The van der Waals surface area contributed by atoms with Crippen LogP contribution in [0.3, 0.4) is 0 Å². The van der Waals surface area contributed by atoms with Gasteiger partial charge in [-0.1, -0.05) is 47.5 Å². The minimum Gasteiger partial charge on any atom is -0.495 e. The highest BCUT2D eigenvalue weighted by Gasteiger charge is 2.35. The van der Waals surface area contributed by atoms with Crippen molar-refractivity contribution in [2.45, 2.75) is 31.2 Å². The van der Waals surface area contributed by atoms with Gasteiger partial charge in [0.05, 0.1) is 17.7 Å². The molecule has 0 radical (unpaired) electrons. The average molecular weight is 485 g/mol. The van der Waals surface area contributed by atoms with E-state index in [1.165, 1.54) is 25.3 Å². The van der Waals surface area contributed by atoms with Gasteiger partial charge in [0.15, 0.2) is 0 Å². The summed E-state index contributed by atoms with van der Waals surface area (Å²) in [6.07, 6.45) is 0.715. The molecule has 0 bridgehead atoms. The van der Waals surface area contributed by atoms with Crippen molar-refractivity contribution in [2.24, 2.45) is 0 Å². The number of carbonyl (C=O) groups excluding carboxylic acids is 1. The zero-order valence-corrected chi connectivity index (χ0v) is 20.2. The molecule has 8 heteroatoms. The number of amides is 1. The molecule has 0 aliphatic carbocycles. The lowest BCUT2D eigenvalue weighted by Gasteiger charge is -2.29. The van der Waals surface area contributed by atoms with Crippen LogP contribution in [0.4, 0.5) is 11.4 Å². The van der Waals surface area contributed by atoms with Crippen molar-refractivity contribution in [3.05, 3.63) is 82.9 Å². The molecular formula is C25H25ClN2O4S. The molecule has 0 unspecified atom stereocenters. The summed E-state index contributed by atoms with van der Waals surface area (Å²) in [5, 5.41) is 0.335. The Kier molecular flexibility index (Phi) is 6.36. The molecule has 0 saturated carbocycles. The molecule has 0 spiro atoms. The van der Waals surface area contributed by atoms with Crippen LogP contribution in [0.5, 0.6) is 5.75 Å². The number of hydrogen-bond donors (Lipinski definition) is 0. The molecule has 3 aromatic carbocycles. The molecule has 1 atom stereocenters. The summed E-state index contributed by atoms with van der Waals surface area (Å²) in [6.45, 7) is 3.44. The summed E-state index contributed by atoms with van der Waals surface area (Å²) in [6, 6.07) is 18.8. The highest BCUT2D eigenvalue weighted by atomic mass is 35.5. The third-order valence-electron chi connectivity index (χ3n) is 5.77. The monoisotopic (exact) mass is 484 g/mol. The molecule has 0 aromatic heterocycles. The molecule has 33 heavy (non-hydrogen) atoms. The second-order valence-electron chi connectivity index (χ2n) is 8.09. The van der Waals surface area contributed by atoms with Crippen LogP contribution in [-0.2, 0) is 21.2 Å². The Balaban J connectivity index is 1.79. The maximum atomic E-state index is 13.8. The fourth-order valence-electron chi connectivity index (χ4n) is 4.14. The standard InChI is InChI=1S/C25H25ClN2O4S/c1-17-8-11-21(12-9-17)33(30,31)27(23-15-20(26)10-13-24(23)32-3)16-25(29)28-18(2)14-19-6-4-5-7-22(19)28/h4-13,15,18H,14,16H2,1-3H3/t18-/m1/s1. The Labute approximate surface area is 199 Å². The second kappa shape index (κ2) is 9.08. The number of hydrogen-bond acceptors (Lipinski definition) is 4. The van der Waals surface area contributed by atoms with Crippen molar-refractivity contribution < 1.29 is 17.9 Å².